The fourth-order valence-corrected chi connectivity index (χ4v) is 2.09. The third kappa shape index (κ3) is 2.60. The topological polar surface area (TPSA) is 111 Å². The third-order valence-electron chi connectivity index (χ3n) is 3.01. The maximum absolute atomic E-state index is 11.2. The summed E-state index contributed by atoms with van der Waals surface area (Å²) in [5.74, 6) is -1.41. The molecule has 0 spiro atoms. The number of nitro benzene ring substituents is 1. The fraction of sp³-hybridized carbons (Fsp3) is 0.308. The predicted octanol–water partition coefficient (Wildman–Crippen LogP) is 2.31. The molecule has 8 nitrogen and oxygen atoms in total. The summed E-state index contributed by atoms with van der Waals surface area (Å²) >= 11 is 0. The summed E-state index contributed by atoms with van der Waals surface area (Å²) in [5.41, 5.74) is 1.00. The number of nitro groups is 1. The lowest BCUT2D eigenvalue weighted by atomic mass is 10.1. The lowest BCUT2D eigenvalue weighted by Crippen LogP contribution is -2.10. The molecule has 0 bridgehead atoms. The SMILES string of the molecule is Cc1ccc([N+](=O)[O-])c(-n2nnc(C(=O)O)c2C(C)C)c1. The van der Waals surface area contributed by atoms with E-state index in [9.17, 15) is 14.9 Å². The van der Waals surface area contributed by atoms with Crippen LogP contribution in [0.2, 0.25) is 0 Å². The van der Waals surface area contributed by atoms with Gasteiger partial charge in [0.25, 0.3) is 5.69 Å². The molecule has 110 valence electrons. The third-order valence-corrected chi connectivity index (χ3v) is 3.01. The minimum atomic E-state index is -1.21. The number of aryl methyl sites for hydroxylation is 1. The molecule has 0 atom stereocenters. The molecule has 2 rings (SSSR count). The number of benzene rings is 1. The number of carbonyl (C=O) groups is 1. The number of carboxylic acid groups (broad SMARTS) is 1. The average Bonchev–Trinajstić information content (AvgIpc) is 2.82. The van der Waals surface area contributed by atoms with Gasteiger partial charge in [0, 0.05) is 6.07 Å². The summed E-state index contributed by atoms with van der Waals surface area (Å²) in [6.45, 7) is 5.35. The van der Waals surface area contributed by atoms with E-state index in [0.717, 1.165) is 5.56 Å². The van der Waals surface area contributed by atoms with Crippen molar-refractivity contribution < 1.29 is 14.8 Å². The minimum Gasteiger partial charge on any atom is -0.476 e. The van der Waals surface area contributed by atoms with Crippen LogP contribution in [0.1, 0.15) is 41.5 Å². The first-order valence-electron chi connectivity index (χ1n) is 6.27. The van der Waals surface area contributed by atoms with Gasteiger partial charge in [-0.15, -0.1) is 5.10 Å². The largest absolute Gasteiger partial charge is 0.476 e. The number of hydrogen-bond donors (Lipinski definition) is 1. The number of nitrogens with zero attached hydrogens (tertiary/aromatic N) is 4. The highest BCUT2D eigenvalue weighted by molar-refractivity contribution is 5.87. The second-order valence-electron chi connectivity index (χ2n) is 4.94. The van der Waals surface area contributed by atoms with Gasteiger partial charge in [0.05, 0.1) is 10.6 Å². The Morgan fingerprint density at radius 2 is 2.10 bits per heavy atom. The molecule has 2 aromatic rings. The van der Waals surface area contributed by atoms with Crippen molar-refractivity contribution in [1.82, 2.24) is 15.0 Å². The molecular weight excluding hydrogens is 276 g/mol. The normalized spacial score (nSPS) is 10.9. The highest BCUT2D eigenvalue weighted by Gasteiger charge is 2.26. The molecule has 0 aliphatic heterocycles. The Balaban J connectivity index is 2.76. The van der Waals surface area contributed by atoms with Gasteiger partial charge in [-0.25, -0.2) is 9.48 Å². The Bertz CT molecular complexity index is 721. The van der Waals surface area contributed by atoms with Crippen LogP contribution in [0.5, 0.6) is 0 Å². The van der Waals surface area contributed by atoms with Gasteiger partial charge in [0.1, 0.15) is 5.69 Å². The Hall–Kier alpha value is -2.77. The Kier molecular flexibility index (Phi) is 3.70. The molecule has 1 aromatic heterocycles. The van der Waals surface area contributed by atoms with E-state index in [2.05, 4.69) is 10.3 Å². The van der Waals surface area contributed by atoms with Gasteiger partial charge in [0.15, 0.2) is 5.69 Å². The predicted molar refractivity (Wildman–Crippen MR) is 73.8 cm³/mol. The second kappa shape index (κ2) is 5.31. The molecule has 0 aliphatic rings. The molecule has 0 unspecified atom stereocenters. The smallest absolute Gasteiger partial charge is 0.358 e. The summed E-state index contributed by atoms with van der Waals surface area (Å²) in [7, 11) is 0. The maximum atomic E-state index is 11.2. The van der Waals surface area contributed by atoms with Gasteiger partial charge in [-0.05, 0) is 24.5 Å². The van der Waals surface area contributed by atoms with Crippen LogP contribution in [-0.4, -0.2) is 31.0 Å². The van der Waals surface area contributed by atoms with Crippen LogP contribution in [0.4, 0.5) is 5.69 Å². The summed E-state index contributed by atoms with van der Waals surface area (Å²) in [6.07, 6.45) is 0. The van der Waals surface area contributed by atoms with Crippen LogP contribution in [0.3, 0.4) is 0 Å². The van der Waals surface area contributed by atoms with Crippen molar-refractivity contribution in [2.45, 2.75) is 26.7 Å². The van der Waals surface area contributed by atoms with Crippen LogP contribution < -0.4 is 0 Å². The monoisotopic (exact) mass is 290 g/mol. The summed E-state index contributed by atoms with van der Waals surface area (Å²) in [6, 6.07) is 4.58. The maximum Gasteiger partial charge on any atom is 0.358 e. The molecular formula is C13H14N4O4. The van der Waals surface area contributed by atoms with Crippen LogP contribution in [0.15, 0.2) is 18.2 Å². The summed E-state index contributed by atoms with van der Waals surface area (Å²) in [4.78, 5) is 21.8. The highest BCUT2D eigenvalue weighted by atomic mass is 16.6. The second-order valence-corrected chi connectivity index (χ2v) is 4.94. The number of rotatable bonds is 4. The van der Waals surface area contributed by atoms with Crippen LogP contribution >= 0.6 is 0 Å². The van der Waals surface area contributed by atoms with Gasteiger partial charge in [-0.3, -0.25) is 10.1 Å². The first-order valence-corrected chi connectivity index (χ1v) is 6.27. The van der Waals surface area contributed by atoms with Crippen molar-refractivity contribution >= 4 is 11.7 Å². The first kappa shape index (κ1) is 14.6. The molecule has 1 aromatic carbocycles. The van der Waals surface area contributed by atoms with E-state index in [4.69, 9.17) is 5.11 Å². The molecule has 0 saturated carbocycles. The first-order chi connectivity index (χ1) is 9.82. The molecule has 0 fully saturated rings. The Labute approximate surface area is 120 Å². The Morgan fingerprint density at radius 1 is 1.43 bits per heavy atom. The zero-order valence-corrected chi connectivity index (χ0v) is 11.8. The highest BCUT2D eigenvalue weighted by Crippen LogP contribution is 2.28. The van der Waals surface area contributed by atoms with Crippen LogP contribution in [-0.2, 0) is 0 Å². The van der Waals surface area contributed by atoms with E-state index in [1.165, 1.54) is 10.7 Å². The van der Waals surface area contributed by atoms with E-state index < -0.39 is 10.9 Å². The Morgan fingerprint density at radius 3 is 2.62 bits per heavy atom. The van der Waals surface area contributed by atoms with Gasteiger partial charge in [0.2, 0.25) is 0 Å². The van der Waals surface area contributed by atoms with Crippen LogP contribution in [0.25, 0.3) is 5.69 Å². The lowest BCUT2D eigenvalue weighted by Gasteiger charge is -2.10. The van der Waals surface area contributed by atoms with Crippen molar-refractivity contribution in [3.8, 4) is 5.69 Å². The van der Waals surface area contributed by atoms with E-state index in [-0.39, 0.29) is 23.0 Å². The van der Waals surface area contributed by atoms with Crippen molar-refractivity contribution in [2.75, 3.05) is 0 Å². The summed E-state index contributed by atoms with van der Waals surface area (Å²) in [5, 5.41) is 27.7. The molecule has 0 saturated heterocycles. The van der Waals surface area contributed by atoms with Crippen molar-refractivity contribution in [1.29, 1.82) is 0 Å². The molecule has 0 aliphatic carbocycles. The standard InChI is InChI=1S/C13H14N4O4/c1-7(2)12-11(13(18)19)14-15-16(12)10-6-8(3)4-5-9(10)17(20)21/h4-7H,1-3H3,(H,18,19). The van der Waals surface area contributed by atoms with Gasteiger partial charge >= 0.3 is 5.97 Å². The van der Waals surface area contributed by atoms with E-state index >= 15 is 0 Å². The molecule has 8 heteroatoms. The molecule has 21 heavy (non-hydrogen) atoms. The van der Waals surface area contributed by atoms with E-state index in [0.29, 0.717) is 5.69 Å². The lowest BCUT2D eigenvalue weighted by molar-refractivity contribution is -0.384. The van der Waals surface area contributed by atoms with Crippen LogP contribution in [0, 0.1) is 17.0 Å². The molecule has 1 heterocycles. The van der Waals surface area contributed by atoms with E-state index in [1.54, 1.807) is 32.9 Å². The van der Waals surface area contributed by atoms with E-state index in [1.807, 2.05) is 0 Å². The number of aromatic nitrogens is 3. The number of hydrogen-bond acceptors (Lipinski definition) is 5. The summed E-state index contributed by atoms with van der Waals surface area (Å²) < 4.78 is 1.24. The molecule has 0 radical (unpaired) electrons. The van der Waals surface area contributed by atoms with Crippen molar-refractivity contribution in [2.24, 2.45) is 0 Å². The van der Waals surface area contributed by atoms with Gasteiger partial charge < -0.3 is 5.11 Å². The zero-order valence-electron chi connectivity index (χ0n) is 11.8. The van der Waals surface area contributed by atoms with Gasteiger partial charge in [-0.2, -0.15) is 0 Å². The average molecular weight is 290 g/mol. The fourth-order valence-electron chi connectivity index (χ4n) is 2.09. The van der Waals surface area contributed by atoms with Gasteiger partial charge in [-0.1, -0.05) is 25.1 Å². The number of aromatic carboxylic acids is 1. The minimum absolute atomic E-state index is 0.149. The zero-order chi connectivity index (χ0) is 15.7. The number of carboxylic acids is 1. The van der Waals surface area contributed by atoms with Crippen molar-refractivity contribution in [3.63, 3.8) is 0 Å². The molecule has 1 N–H and O–H groups in total. The molecule has 0 amide bonds. The quantitative estimate of drug-likeness (QED) is 0.683. The van der Waals surface area contributed by atoms with Crippen molar-refractivity contribution in [3.05, 3.63) is 45.3 Å².